The molecule has 0 saturated carbocycles. The first-order chi connectivity index (χ1) is 9.65. The fourth-order valence-electron chi connectivity index (χ4n) is 2.16. The molecule has 1 aromatic rings. The van der Waals surface area contributed by atoms with E-state index in [0.717, 1.165) is 38.5 Å². The number of aryl methyl sites for hydroxylation is 1. The predicted octanol–water partition coefficient (Wildman–Crippen LogP) is 0.483. The van der Waals surface area contributed by atoms with Crippen LogP contribution >= 0.6 is 0 Å². The molecule has 1 aliphatic heterocycles. The molecule has 1 saturated heterocycles. The van der Waals surface area contributed by atoms with Crippen molar-refractivity contribution in [2.45, 2.75) is 13.8 Å². The van der Waals surface area contributed by atoms with Gasteiger partial charge < -0.3 is 10.1 Å². The van der Waals surface area contributed by atoms with Crippen LogP contribution in [0.1, 0.15) is 23.1 Å². The van der Waals surface area contributed by atoms with Crippen LogP contribution in [-0.4, -0.2) is 60.2 Å². The summed E-state index contributed by atoms with van der Waals surface area (Å²) in [6, 6.07) is 0. The van der Waals surface area contributed by atoms with Crippen LogP contribution in [-0.2, 0) is 4.74 Å². The van der Waals surface area contributed by atoms with E-state index in [4.69, 9.17) is 4.74 Å². The van der Waals surface area contributed by atoms with Gasteiger partial charge in [0.05, 0.1) is 25.1 Å². The highest BCUT2D eigenvalue weighted by Gasteiger charge is 2.15. The molecule has 1 aliphatic rings. The van der Waals surface area contributed by atoms with Crippen LogP contribution in [0.4, 0.5) is 0 Å². The van der Waals surface area contributed by atoms with Crippen LogP contribution < -0.4 is 5.32 Å². The number of ether oxygens (including phenoxy) is 1. The van der Waals surface area contributed by atoms with Crippen LogP contribution in [0.5, 0.6) is 0 Å². The summed E-state index contributed by atoms with van der Waals surface area (Å²) in [5.74, 6) is 0.238. The SMILES string of the molecule is Cc1cnc(C(=O)NCC(C)CN2CCOCC2)cn1. The summed E-state index contributed by atoms with van der Waals surface area (Å²) in [5.41, 5.74) is 1.18. The Kier molecular flexibility index (Phi) is 5.43. The molecule has 6 heteroatoms. The number of rotatable bonds is 5. The largest absolute Gasteiger partial charge is 0.379 e. The van der Waals surface area contributed by atoms with Crippen molar-refractivity contribution in [2.24, 2.45) is 5.92 Å². The Balaban J connectivity index is 1.73. The van der Waals surface area contributed by atoms with E-state index in [1.165, 1.54) is 6.20 Å². The first-order valence-corrected chi connectivity index (χ1v) is 7.02. The molecule has 1 aromatic heterocycles. The molecule has 0 aromatic carbocycles. The first-order valence-electron chi connectivity index (χ1n) is 7.02. The van der Waals surface area contributed by atoms with Crippen LogP contribution in [0.15, 0.2) is 12.4 Å². The number of amides is 1. The van der Waals surface area contributed by atoms with Gasteiger partial charge >= 0.3 is 0 Å². The summed E-state index contributed by atoms with van der Waals surface area (Å²) in [6.45, 7) is 9.16. The number of nitrogens with zero attached hydrogens (tertiary/aromatic N) is 3. The second-order valence-corrected chi connectivity index (χ2v) is 5.27. The molecular weight excluding hydrogens is 256 g/mol. The van der Waals surface area contributed by atoms with Gasteiger partial charge in [0.15, 0.2) is 0 Å². The van der Waals surface area contributed by atoms with Gasteiger partial charge in [0, 0.05) is 32.4 Å². The van der Waals surface area contributed by atoms with Crippen molar-refractivity contribution in [1.29, 1.82) is 0 Å². The van der Waals surface area contributed by atoms with E-state index in [0.29, 0.717) is 18.2 Å². The molecule has 1 amide bonds. The molecule has 6 nitrogen and oxygen atoms in total. The Morgan fingerprint density at radius 3 is 2.80 bits per heavy atom. The third-order valence-electron chi connectivity index (χ3n) is 3.30. The molecular formula is C14H22N4O2. The van der Waals surface area contributed by atoms with Crippen LogP contribution in [0.3, 0.4) is 0 Å². The standard InChI is InChI=1S/C14H22N4O2/c1-11(10-18-3-5-20-6-4-18)7-17-14(19)13-9-15-12(2)8-16-13/h8-9,11H,3-7,10H2,1-2H3,(H,17,19). The lowest BCUT2D eigenvalue weighted by Gasteiger charge is -2.29. The summed E-state index contributed by atoms with van der Waals surface area (Å²) in [7, 11) is 0. The second kappa shape index (κ2) is 7.31. The Bertz CT molecular complexity index is 429. The van der Waals surface area contributed by atoms with E-state index >= 15 is 0 Å². The average Bonchev–Trinajstić information content (AvgIpc) is 2.46. The Morgan fingerprint density at radius 1 is 1.40 bits per heavy atom. The molecule has 2 heterocycles. The highest BCUT2D eigenvalue weighted by Crippen LogP contribution is 2.03. The van der Waals surface area contributed by atoms with Gasteiger partial charge in [-0.1, -0.05) is 6.92 Å². The van der Waals surface area contributed by atoms with Gasteiger partial charge in [-0.3, -0.25) is 14.7 Å². The normalized spacial score (nSPS) is 17.7. The molecule has 0 radical (unpaired) electrons. The lowest BCUT2D eigenvalue weighted by molar-refractivity contribution is 0.0317. The number of carbonyl (C=O) groups is 1. The van der Waals surface area contributed by atoms with Crippen LogP contribution in [0.25, 0.3) is 0 Å². The van der Waals surface area contributed by atoms with Crippen LogP contribution in [0.2, 0.25) is 0 Å². The smallest absolute Gasteiger partial charge is 0.271 e. The average molecular weight is 278 g/mol. The zero-order valence-corrected chi connectivity index (χ0v) is 12.1. The third kappa shape index (κ3) is 4.54. The zero-order valence-electron chi connectivity index (χ0n) is 12.1. The molecule has 1 unspecified atom stereocenters. The van der Waals surface area contributed by atoms with Crippen molar-refractivity contribution in [3.05, 3.63) is 23.8 Å². The van der Waals surface area contributed by atoms with Crippen LogP contribution in [0, 0.1) is 12.8 Å². The van der Waals surface area contributed by atoms with E-state index in [-0.39, 0.29) is 5.91 Å². The monoisotopic (exact) mass is 278 g/mol. The maximum absolute atomic E-state index is 11.9. The summed E-state index contributed by atoms with van der Waals surface area (Å²) >= 11 is 0. The maximum Gasteiger partial charge on any atom is 0.271 e. The minimum Gasteiger partial charge on any atom is -0.379 e. The van der Waals surface area contributed by atoms with Gasteiger partial charge in [0.25, 0.3) is 5.91 Å². The summed E-state index contributed by atoms with van der Waals surface area (Å²) < 4.78 is 5.32. The van der Waals surface area contributed by atoms with Crippen molar-refractivity contribution in [3.8, 4) is 0 Å². The third-order valence-corrected chi connectivity index (χ3v) is 3.30. The first kappa shape index (κ1) is 14.9. The number of carbonyl (C=O) groups excluding carboxylic acids is 1. The van der Waals surface area contributed by atoms with Crippen molar-refractivity contribution in [3.63, 3.8) is 0 Å². The number of nitrogens with one attached hydrogen (secondary N) is 1. The number of hydrogen-bond acceptors (Lipinski definition) is 5. The highest BCUT2D eigenvalue weighted by atomic mass is 16.5. The lowest BCUT2D eigenvalue weighted by Crippen LogP contribution is -2.41. The van der Waals surface area contributed by atoms with Gasteiger partial charge in [-0.05, 0) is 12.8 Å². The van der Waals surface area contributed by atoms with Gasteiger partial charge in [-0.2, -0.15) is 0 Å². The number of morpholine rings is 1. The predicted molar refractivity (Wildman–Crippen MR) is 75.5 cm³/mol. The molecule has 1 fully saturated rings. The molecule has 20 heavy (non-hydrogen) atoms. The van der Waals surface area contributed by atoms with Gasteiger partial charge in [-0.25, -0.2) is 4.98 Å². The van der Waals surface area contributed by atoms with Crippen molar-refractivity contribution < 1.29 is 9.53 Å². The Morgan fingerprint density at radius 2 is 2.15 bits per heavy atom. The van der Waals surface area contributed by atoms with Gasteiger partial charge in [0.1, 0.15) is 5.69 Å². The Hall–Kier alpha value is -1.53. The molecule has 2 rings (SSSR count). The maximum atomic E-state index is 11.9. The fourth-order valence-corrected chi connectivity index (χ4v) is 2.16. The fraction of sp³-hybridized carbons (Fsp3) is 0.643. The molecule has 0 aliphatic carbocycles. The van der Waals surface area contributed by atoms with E-state index in [1.54, 1.807) is 6.20 Å². The topological polar surface area (TPSA) is 67.4 Å². The van der Waals surface area contributed by atoms with Crippen molar-refractivity contribution in [2.75, 3.05) is 39.4 Å². The van der Waals surface area contributed by atoms with E-state index < -0.39 is 0 Å². The van der Waals surface area contributed by atoms with E-state index in [1.807, 2.05) is 6.92 Å². The highest BCUT2D eigenvalue weighted by molar-refractivity contribution is 5.91. The molecule has 0 bridgehead atoms. The van der Waals surface area contributed by atoms with E-state index in [9.17, 15) is 4.79 Å². The molecule has 1 atom stereocenters. The number of hydrogen-bond donors (Lipinski definition) is 1. The summed E-state index contributed by atoms with van der Waals surface area (Å²) in [6.07, 6.45) is 3.11. The summed E-state index contributed by atoms with van der Waals surface area (Å²) in [5, 5.41) is 2.91. The van der Waals surface area contributed by atoms with E-state index in [2.05, 4.69) is 27.1 Å². The van der Waals surface area contributed by atoms with Crippen molar-refractivity contribution >= 4 is 5.91 Å². The van der Waals surface area contributed by atoms with Gasteiger partial charge in [0.2, 0.25) is 0 Å². The summed E-state index contributed by atoms with van der Waals surface area (Å²) in [4.78, 5) is 22.4. The minimum absolute atomic E-state index is 0.161. The van der Waals surface area contributed by atoms with Gasteiger partial charge in [-0.15, -0.1) is 0 Å². The molecule has 110 valence electrons. The second-order valence-electron chi connectivity index (χ2n) is 5.27. The zero-order chi connectivity index (χ0) is 14.4. The quantitative estimate of drug-likeness (QED) is 0.848. The molecule has 1 N–H and O–H groups in total. The Labute approximate surface area is 119 Å². The lowest BCUT2D eigenvalue weighted by atomic mass is 10.1. The van der Waals surface area contributed by atoms with Crippen molar-refractivity contribution in [1.82, 2.24) is 20.2 Å². The molecule has 0 spiro atoms. The minimum atomic E-state index is -0.161. The number of aromatic nitrogens is 2.